The van der Waals surface area contributed by atoms with Gasteiger partial charge in [0.2, 0.25) is 5.91 Å². The van der Waals surface area contributed by atoms with Crippen LogP contribution in [0, 0.1) is 46.3 Å². The maximum atomic E-state index is 13.9. The predicted octanol–water partition coefficient (Wildman–Crippen LogP) is 4.03. The number of carbonyl (C=O) groups is 4. The maximum Gasteiger partial charge on any atom is 0.226 e. The molecule has 0 radical (unpaired) electrons. The van der Waals surface area contributed by atoms with Crippen LogP contribution in [0.4, 0.5) is 0 Å². The van der Waals surface area contributed by atoms with Crippen LogP contribution in [-0.4, -0.2) is 55.8 Å². The summed E-state index contributed by atoms with van der Waals surface area (Å²) in [5, 5.41) is 0. The number of amides is 1. The number of rotatable bonds is 8. The summed E-state index contributed by atoms with van der Waals surface area (Å²) in [4.78, 5) is 53.8. The molecular weight excluding hydrogens is 446 g/mol. The van der Waals surface area contributed by atoms with E-state index in [2.05, 4.69) is 20.8 Å². The lowest BCUT2D eigenvalue weighted by Gasteiger charge is -2.58. The van der Waals surface area contributed by atoms with Gasteiger partial charge in [-0.25, -0.2) is 0 Å². The Labute approximate surface area is 209 Å². The normalized spacial score (nSPS) is 39.6. The molecule has 7 heteroatoms. The molecule has 4 saturated carbocycles. The third-order valence-electron chi connectivity index (χ3n) is 10.6. The van der Waals surface area contributed by atoms with Crippen LogP contribution in [0.25, 0.3) is 0 Å². The van der Waals surface area contributed by atoms with Crippen molar-refractivity contribution < 1.29 is 28.7 Å². The van der Waals surface area contributed by atoms with E-state index >= 15 is 0 Å². The zero-order chi connectivity index (χ0) is 25.5. The monoisotopic (exact) mass is 489 g/mol. The molecule has 7 nitrogen and oxygen atoms in total. The van der Waals surface area contributed by atoms with Gasteiger partial charge in [-0.05, 0) is 60.7 Å². The molecule has 35 heavy (non-hydrogen) atoms. The van der Waals surface area contributed by atoms with E-state index in [4.69, 9.17) is 9.47 Å². The first kappa shape index (κ1) is 26.5. The van der Waals surface area contributed by atoms with Crippen molar-refractivity contribution in [2.75, 3.05) is 27.7 Å². The number of methoxy groups -OCH3 is 2. The van der Waals surface area contributed by atoms with Crippen LogP contribution in [0.15, 0.2) is 0 Å². The highest BCUT2D eigenvalue weighted by molar-refractivity contribution is 5.93. The van der Waals surface area contributed by atoms with Crippen molar-refractivity contribution in [2.45, 2.75) is 78.6 Å². The Morgan fingerprint density at radius 3 is 2.37 bits per heavy atom. The highest BCUT2D eigenvalue weighted by atomic mass is 16.5. The largest absolute Gasteiger partial charge is 0.364 e. The van der Waals surface area contributed by atoms with Crippen LogP contribution < -0.4 is 0 Å². The number of carbonyl (C=O) groups excluding carboxylic acids is 4. The Bertz CT molecular complexity index is 866. The van der Waals surface area contributed by atoms with Crippen LogP contribution in [0.5, 0.6) is 0 Å². The lowest BCUT2D eigenvalue weighted by molar-refractivity contribution is -0.166. The Hall–Kier alpha value is -1.60. The van der Waals surface area contributed by atoms with Crippen molar-refractivity contribution >= 4 is 23.3 Å². The quantitative estimate of drug-likeness (QED) is 0.478. The van der Waals surface area contributed by atoms with Crippen LogP contribution in [0.2, 0.25) is 0 Å². The summed E-state index contributed by atoms with van der Waals surface area (Å²) in [5.41, 5.74) is -0.600. The molecule has 0 aromatic carbocycles. The van der Waals surface area contributed by atoms with E-state index in [-0.39, 0.29) is 71.9 Å². The van der Waals surface area contributed by atoms with Gasteiger partial charge < -0.3 is 9.47 Å². The van der Waals surface area contributed by atoms with Crippen molar-refractivity contribution in [1.82, 2.24) is 4.90 Å². The van der Waals surface area contributed by atoms with E-state index < -0.39 is 5.41 Å². The number of nitrogens with zero attached hydrogens (tertiary/aromatic N) is 1. The second-order valence-electron chi connectivity index (χ2n) is 12.2. The fourth-order valence-corrected chi connectivity index (χ4v) is 8.59. The topological polar surface area (TPSA) is 90.0 Å². The van der Waals surface area contributed by atoms with Gasteiger partial charge in [-0.2, -0.15) is 0 Å². The van der Waals surface area contributed by atoms with Crippen molar-refractivity contribution in [2.24, 2.45) is 46.3 Å². The molecule has 0 aromatic heterocycles. The number of hydrogen-bond donors (Lipinski definition) is 0. The molecule has 4 rings (SSSR count). The molecule has 0 saturated heterocycles. The minimum absolute atomic E-state index is 0.0106. The Morgan fingerprint density at radius 2 is 1.71 bits per heavy atom. The molecular formula is C28H43NO6. The summed E-state index contributed by atoms with van der Waals surface area (Å²) in [7, 11) is 3.11. The van der Waals surface area contributed by atoms with Crippen LogP contribution >= 0.6 is 0 Å². The van der Waals surface area contributed by atoms with Gasteiger partial charge in [0.1, 0.15) is 30.8 Å². The van der Waals surface area contributed by atoms with Gasteiger partial charge >= 0.3 is 0 Å². The number of ether oxygens (including phenoxy) is 2. The molecule has 8 atom stereocenters. The van der Waals surface area contributed by atoms with Gasteiger partial charge in [-0.1, -0.05) is 20.8 Å². The average molecular weight is 490 g/mol. The molecule has 0 unspecified atom stereocenters. The number of fused-ring (bicyclic) bond motifs is 5. The SMILES string of the molecule is COCN(COC)C(=O)CC[C@@H](C)[C@H]1CC[C@H]2[C@@H]3C(=O)C[C@@H]4CC(=O)CC[C@]4(C)[C@H]3CC(=O)[C@]12C. The first-order valence-electron chi connectivity index (χ1n) is 13.4. The second-order valence-corrected chi connectivity index (χ2v) is 12.2. The molecule has 0 bridgehead atoms. The third-order valence-corrected chi connectivity index (χ3v) is 10.6. The summed E-state index contributed by atoms with van der Waals surface area (Å²) in [5.74, 6) is 1.41. The zero-order valence-electron chi connectivity index (χ0n) is 22.1. The smallest absolute Gasteiger partial charge is 0.226 e. The van der Waals surface area contributed by atoms with Gasteiger partial charge in [-0.3, -0.25) is 24.1 Å². The fourth-order valence-electron chi connectivity index (χ4n) is 8.59. The van der Waals surface area contributed by atoms with Crippen molar-refractivity contribution in [1.29, 1.82) is 0 Å². The summed E-state index contributed by atoms with van der Waals surface area (Å²) >= 11 is 0. The van der Waals surface area contributed by atoms with Crippen molar-refractivity contribution in [3.63, 3.8) is 0 Å². The Kier molecular flexibility index (Phi) is 7.59. The van der Waals surface area contributed by atoms with Crippen LogP contribution in [-0.2, 0) is 28.7 Å². The van der Waals surface area contributed by atoms with Crippen LogP contribution in [0.3, 0.4) is 0 Å². The molecule has 4 fully saturated rings. The van der Waals surface area contributed by atoms with E-state index in [1.54, 1.807) is 19.1 Å². The number of hydrogen-bond acceptors (Lipinski definition) is 6. The molecule has 4 aliphatic rings. The summed E-state index contributed by atoms with van der Waals surface area (Å²) < 4.78 is 10.3. The molecule has 196 valence electrons. The summed E-state index contributed by atoms with van der Waals surface area (Å²) in [6.07, 6.45) is 5.76. The highest BCUT2D eigenvalue weighted by Crippen LogP contribution is 2.66. The van der Waals surface area contributed by atoms with Gasteiger partial charge in [0.05, 0.1) is 0 Å². The minimum atomic E-state index is -0.508. The van der Waals surface area contributed by atoms with Gasteiger partial charge in [0.25, 0.3) is 0 Å². The van der Waals surface area contributed by atoms with Crippen LogP contribution in [0.1, 0.15) is 78.6 Å². The molecule has 1 amide bonds. The van der Waals surface area contributed by atoms with E-state index in [1.165, 1.54) is 0 Å². The maximum absolute atomic E-state index is 13.9. The Balaban J connectivity index is 1.50. The van der Waals surface area contributed by atoms with E-state index in [1.807, 2.05) is 0 Å². The molecule has 4 aliphatic carbocycles. The molecule has 0 aliphatic heterocycles. The summed E-state index contributed by atoms with van der Waals surface area (Å²) in [6, 6.07) is 0. The first-order chi connectivity index (χ1) is 16.6. The van der Waals surface area contributed by atoms with E-state index in [0.29, 0.717) is 44.3 Å². The molecule has 0 heterocycles. The Morgan fingerprint density at radius 1 is 1.03 bits per heavy atom. The molecule has 0 N–H and O–H groups in total. The van der Waals surface area contributed by atoms with Crippen molar-refractivity contribution in [3.8, 4) is 0 Å². The van der Waals surface area contributed by atoms with Gasteiger partial charge in [-0.15, -0.1) is 0 Å². The summed E-state index contributed by atoms with van der Waals surface area (Å²) in [6.45, 7) is 6.91. The second kappa shape index (κ2) is 10.0. The predicted molar refractivity (Wildman–Crippen MR) is 130 cm³/mol. The third kappa shape index (κ3) is 4.41. The fraction of sp³-hybridized carbons (Fsp3) is 0.857. The van der Waals surface area contributed by atoms with E-state index in [9.17, 15) is 19.2 Å². The van der Waals surface area contributed by atoms with Gasteiger partial charge in [0, 0.05) is 57.7 Å². The van der Waals surface area contributed by atoms with Gasteiger partial charge in [0.15, 0.2) is 0 Å². The standard InChI is InChI=1S/C28H43NO6/c1-17(6-9-25(33)29(15-34-4)16-35-5)20-7-8-21-26-22(14-24(32)28(20,21)3)27(2)11-10-19(30)12-18(27)13-23(26)31/h17-18,20-22,26H,6-16H2,1-5H3/t17-,18+,20-,21+,22+,26+,27+,28-/m1/s1. The number of ketones is 3. The van der Waals surface area contributed by atoms with Crippen molar-refractivity contribution in [3.05, 3.63) is 0 Å². The lowest BCUT2D eigenvalue weighted by atomic mass is 9.44. The lowest BCUT2D eigenvalue weighted by Crippen LogP contribution is -2.60. The molecule has 0 aromatic rings. The molecule has 0 spiro atoms. The average Bonchev–Trinajstić information content (AvgIpc) is 3.17. The first-order valence-corrected chi connectivity index (χ1v) is 13.4. The highest BCUT2D eigenvalue weighted by Gasteiger charge is 2.66. The number of Topliss-reactive ketones (excluding diaryl/α,β-unsaturated/α-hetero) is 3. The zero-order valence-corrected chi connectivity index (χ0v) is 22.1. The minimum Gasteiger partial charge on any atom is -0.364 e. The van der Waals surface area contributed by atoms with E-state index in [0.717, 1.165) is 19.3 Å².